The van der Waals surface area contributed by atoms with Gasteiger partial charge in [-0.3, -0.25) is 0 Å². The summed E-state index contributed by atoms with van der Waals surface area (Å²) < 4.78 is 0. The number of hydrogen-bond acceptors (Lipinski definition) is 0. The SMILES string of the molecule is CC1CCCC(Cl)CC1Cl. The van der Waals surface area contributed by atoms with Crippen LogP contribution in [-0.4, -0.2) is 10.8 Å². The van der Waals surface area contributed by atoms with Crippen molar-refractivity contribution < 1.29 is 0 Å². The number of rotatable bonds is 0. The van der Waals surface area contributed by atoms with Gasteiger partial charge in [0.25, 0.3) is 0 Å². The third kappa shape index (κ3) is 2.32. The molecule has 60 valence electrons. The first-order valence-corrected chi connectivity index (χ1v) is 4.85. The summed E-state index contributed by atoms with van der Waals surface area (Å²) in [6.07, 6.45) is 4.63. The van der Waals surface area contributed by atoms with Gasteiger partial charge in [0.2, 0.25) is 0 Å². The summed E-state index contributed by atoms with van der Waals surface area (Å²) in [5, 5.41) is 0.637. The normalized spacial score (nSPS) is 42.9. The lowest BCUT2D eigenvalue weighted by molar-refractivity contribution is 0.512. The molecule has 0 aromatic heterocycles. The van der Waals surface area contributed by atoms with Gasteiger partial charge in [-0.05, 0) is 25.2 Å². The van der Waals surface area contributed by atoms with Crippen LogP contribution in [-0.2, 0) is 0 Å². The highest BCUT2D eigenvalue weighted by molar-refractivity contribution is 6.23. The van der Waals surface area contributed by atoms with Gasteiger partial charge in [-0.2, -0.15) is 0 Å². The van der Waals surface area contributed by atoms with Crippen LogP contribution < -0.4 is 0 Å². The molecule has 0 heterocycles. The van der Waals surface area contributed by atoms with Crippen molar-refractivity contribution >= 4 is 23.2 Å². The minimum absolute atomic E-state index is 0.310. The van der Waals surface area contributed by atoms with Crippen molar-refractivity contribution in [1.29, 1.82) is 0 Å². The quantitative estimate of drug-likeness (QED) is 0.396. The van der Waals surface area contributed by atoms with Gasteiger partial charge in [0.05, 0.1) is 0 Å². The number of halogens is 2. The first-order valence-electron chi connectivity index (χ1n) is 3.98. The second-order valence-electron chi connectivity index (χ2n) is 3.26. The average molecular weight is 181 g/mol. The largest absolute Gasteiger partial charge is 0.123 e. The second kappa shape index (κ2) is 3.82. The van der Waals surface area contributed by atoms with Gasteiger partial charge >= 0.3 is 0 Å². The third-order valence-electron chi connectivity index (χ3n) is 2.28. The van der Waals surface area contributed by atoms with E-state index in [2.05, 4.69) is 6.92 Å². The topological polar surface area (TPSA) is 0 Å². The van der Waals surface area contributed by atoms with E-state index in [1.54, 1.807) is 0 Å². The molecule has 0 aromatic carbocycles. The summed E-state index contributed by atoms with van der Waals surface area (Å²) >= 11 is 12.1. The molecule has 0 radical (unpaired) electrons. The van der Waals surface area contributed by atoms with Gasteiger partial charge in [0, 0.05) is 10.8 Å². The van der Waals surface area contributed by atoms with Crippen molar-refractivity contribution in [3.8, 4) is 0 Å². The highest BCUT2D eigenvalue weighted by atomic mass is 35.5. The van der Waals surface area contributed by atoms with Crippen molar-refractivity contribution in [3.63, 3.8) is 0 Å². The van der Waals surface area contributed by atoms with Crippen molar-refractivity contribution in [2.75, 3.05) is 0 Å². The van der Waals surface area contributed by atoms with Gasteiger partial charge in [-0.25, -0.2) is 0 Å². The van der Waals surface area contributed by atoms with Crippen LogP contribution in [0, 0.1) is 5.92 Å². The fraction of sp³-hybridized carbons (Fsp3) is 1.00. The molecule has 2 heteroatoms. The maximum absolute atomic E-state index is 6.08. The van der Waals surface area contributed by atoms with Crippen LogP contribution in [0.5, 0.6) is 0 Å². The van der Waals surface area contributed by atoms with E-state index in [0.717, 1.165) is 12.8 Å². The zero-order valence-electron chi connectivity index (χ0n) is 6.32. The molecule has 0 saturated heterocycles. The van der Waals surface area contributed by atoms with Gasteiger partial charge < -0.3 is 0 Å². The molecule has 0 amide bonds. The van der Waals surface area contributed by atoms with Crippen molar-refractivity contribution in [1.82, 2.24) is 0 Å². The predicted molar refractivity (Wildman–Crippen MR) is 46.9 cm³/mol. The zero-order valence-corrected chi connectivity index (χ0v) is 7.83. The van der Waals surface area contributed by atoms with Crippen molar-refractivity contribution in [2.24, 2.45) is 5.92 Å². The van der Waals surface area contributed by atoms with Gasteiger partial charge in [0.1, 0.15) is 0 Å². The summed E-state index contributed by atoms with van der Waals surface area (Å²) in [7, 11) is 0. The minimum Gasteiger partial charge on any atom is -0.123 e. The Morgan fingerprint density at radius 2 is 1.90 bits per heavy atom. The Morgan fingerprint density at radius 1 is 1.20 bits per heavy atom. The maximum Gasteiger partial charge on any atom is 0.0375 e. The molecule has 1 saturated carbocycles. The lowest BCUT2D eigenvalue weighted by Gasteiger charge is -2.13. The Hall–Kier alpha value is 0.580. The van der Waals surface area contributed by atoms with E-state index >= 15 is 0 Å². The molecule has 1 aliphatic rings. The molecule has 0 spiro atoms. The first kappa shape index (κ1) is 8.67. The molecule has 1 fully saturated rings. The molecular weight excluding hydrogens is 167 g/mol. The Bertz CT molecular complexity index is 103. The summed E-state index contributed by atoms with van der Waals surface area (Å²) in [4.78, 5) is 0. The lowest BCUT2D eigenvalue weighted by atomic mass is 10.0. The summed E-state index contributed by atoms with van der Waals surface area (Å²) in [5.74, 6) is 0.658. The van der Waals surface area contributed by atoms with Crippen LogP contribution in [0.1, 0.15) is 32.6 Å². The predicted octanol–water partition coefficient (Wildman–Crippen LogP) is 3.41. The van der Waals surface area contributed by atoms with Crippen LogP contribution in [0.4, 0.5) is 0 Å². The molecule has 3 unspecified atom stereocenters. The van der Waals surface area contributed by atoms with Gasteiger partial charge in [-0.1, -0.05) is 13.3 Å². The standard InChI is InChI=1S/C8H14Cl2/c1-6-3-2-4-7(9)5-8(6)10/h6-8H,2-5H2,1H3. The minimum atomic E-state index is 0.310. The highest BCUT2D eigenvalue weighted by Gasteiger charge is 2.21. The van der Waals surface area contributed by atoms with Crippen molar-refractivity contribution in [2.45, 2.75) is 43.4 Å². The zero-order chi connectivity index (χ0) is 7.56. The van der Waals surface area contributed by atoms with E-state index in [9.17, 15) is 0 Å². The maximum atomic E-state index is 6.08. The van der Waals surface area contributed by atoms with Crippen LogP contribution in [0.15, 0.2) is 0 Å². The fourth-order valence-electron chi connectivity index (χ4n) is 1.44. The summed E-state index contributed by atoms with van der Waals surface area (Å²) in [6.45, 7) is 2.21. The molecule has 0 bridgehead atoms. The van der Waals surface area contributed by atoms with E-state index in [4.69, 9.17) is 23.2 Å². The molecule has 0 nitrogen and oxygen atoms in total. The number of alkyl halides is 2. The van der Waals surface area contributed by atoms with Crippen LogP contribution >= 0.6 is 23.2 Å². The monoisotopic (exact) mass is 180 g/mol. The van der Waals surface area contributed by atoms with Crippen LogP contribution in [0.2, 0.25) is 0 Å². The van der Waals surface area contributed by atoms with E-state index < -0.39 is 0 Å². The second-order valence-corrected chi connectivity index (χ2v) is 4.43. The molecule has 1 aliphatic carbocycles. The Morgan fingerprint density at radius 3 is 2.60 bits per heavy atom. The Kier molecular flexibility index (Phi) is 3.32. The third-order valence-corrected chi connectivity index (χ3v) is 3.28. The summed E-state index contributed by atoms with van der Waals surface area (Å²) in [6, 6.07) is 0. The lowest BCUT2D eigenvalue weighted by Crippen LogP contribution is -2.11. The molecular formula is C8H14Cl2. The van der Waals surface area contributed by atoms with Crippen molar-refractivity contribution in [3.05, 3.63) is 0 Å². The smallest absolute Gasteiger partial charge is 0.0375 e. The first-order chi connectivity index (χ1) is 4.70. The van der Waals surface area contributed by atoms with E-state index in [1.807, 2.05) is 0 Å². The van der Waals surface area contributed by atoms with E-state index in [1.165, 1.54) is 12.8 Å². The van der Waals surface area contributed by atoms with Gasteiger partial charge in [0.15, 0.2) is 0 Å². The molecule has 0 N–H and O–H groups in total. The Balaban J connectivity index is 2.41. The van der Waals surface area contributed by atoms with E-state index in [-0.39, 0.29) is 0 Å². The molecule has 0 aromatic rings. The van der Waals surface area contributed by atoms with Crippen LogP contribution in [0.25, 0.3) is 0 Å². The molecule has 10 heavy (non-hydrogen) atoms. The highest BCUT2D eigenvalue weighted by Crippen LogP contribution is 2.29. The Labute approximate surface area is 72.9 Å². The molecule has 0 aliphatic heterocycles. The van der Waals surface area contributed by atoms with Crippen LogP contribution in [0.3, 0.4) is 0 Å². The van der Waals surface area contributed by atoms with Gasteiger partial charge in [-0.15, -0.1) is 23.2 Å². The molecule has 1 rings (SSSR count). The summed E-state index contributed by atoms with van der Waals surface area (Å²) in [5.41, 5.74) is 0. The number of hydrogen-bond donors (Lipinski definition) is 0. The fourth-order valence-corrected chi connectivity index (χ4v) is 2.22. The van der Waals surface area contributed by atoms with E-state index in [0.29, 0.717) is 16.7 Å². The average Bonchev–Trinajstić information content (AvgIpc) is 1.96. The molecule has 3 atom stereocenters.